The van der Waals surface area contributed by atoms with Gasteiger partial charge in [0.2, 0.25) is 10.0 Å². The number of aromatic nitrogens is 1. The lowest BCUT2D eigenvalue weighted by atomic mass is 10.1. The van der Waals surface area contributed by atoms with Crippen LogP contribution in [0.3, 0.4) is 0 Å². The molecule has 3 rings (SSSR count). The number of nitrogens with zero attached hydrogens (tertiary/aromatic N) is 1. The van der Waals surface area contributed by atoms with E-state index >= 15 is 0 Å². The maximum Gasteiger partial charge on any atom is 0.241 e. The van der Waals surface area contributed by atoms with Crippen LogP contribution in [-0.2, 0) is 16.6 Å². The Balaban J connectivity index is 1.51. The van der Waals surface area contributed by atoms with Crippen LogP contribution in [0.4, 0.5) is 0 Å². The fourth-order valence-corrected chi connectivity index (χ4v) is 4.21. The topological polar surface area (TPSA) is 91.3 Å². The third-order valence-electron chi connectivity index (χ3n) is 4.55. The lowest BCUT2D eigenvalue weighted by Gasteiger charge is -2.12. The smallest absolute Gasteiger partial charge is 0.241 e. The SMILES string of the molecule is CC(C=Cc1ccc(CO)cc1)NCCNS(=O)(=O)c1cccc2cnccc12. The first kappa shape index (κ1) is 21.1. The monoisotopic (exact) mass is 411 g/mol. The number of rotatable bonds is 9. The highest BCUT2D eigenvalue weighted by Crippen LogP contribution is 2.21. The van der Waals surface area contributed by atoms with E-state index < -0.39 is 10.0 Å². The fourth-order valence-electron chi connectivity index (χ4n) is 2.95. The van der Waals surface area contributed by atoms with Gasteiger partial charge in [-0.15, -0.1) is 0 Å². The molecule has 1 heterocycles. The molecule has 0 saturated heterocycles. The summed E-state index contributed by atoms with van der Waals surface area (Å²) in [5, 5.41) is 13.8. The minimum Gasteiger partial charge on any atom is -0.392 e. The van der Waals surface area contributed by atoms with Gasteiger partial charge in [0.05, 0.1) is 11.5 Å². The second-order valence-corrected chi connectivity index (χ2v) is 8.49. The molecule has 1 atom stereocenters. The molecule has 0 aliphatic heterocycles. The Bertz CT molecular complexity index is 1070. The van der Waals surface area contributed by atoms with Crippen molar-refractivity contribution in [3.63, 3.8) is 0 Å². The summed E-state index contributed by atoms with van der Waals surface area (Å²) in [4.78, 5) is 4.30. The van der Waals surface area contributed by atoms with Crippen LogP contribution in [0.5, 0.6) is 0 Å². The van der Waals surface area contributed by atoms with Crippen molar-refractivity contribution < 1.29 is 13.5 Å². The molecule has 1 unspecified atom stereocenters. The van der Waals surface area contributed by atoms with Gasteiger partial charge >= 0.3 is 0 Å². The van der Waals surface area contributed by atoms with Crippen molar-refractivity contribution in [3.8, 4) is 0 Å². The zero-order valence-corrected chi connectivity index (χ0v) is 17.1. The molecule has 1 aromatic heterocycles. The molecular formula is C22H25N3O3S. The van der Waals surface area contributed by atoms with Crippen molar-refractivity contribution in [2.75, 3.05) is 13.1 Å². The van der Waals surface area contributed by atoms with Gasteiger partial charge in [0, 0.05) is 42.3 Å². The first-order valence-corrected chi connectivity index (χ1v) is 10.9. The van der Waals surface area contributed by atoms with E-state index in [1.54, 1.807) is 30.6 Å². The highest BCUT2D eigenvalue weighted by molar-refractivity contribution is 7.89. The van der Waals surface area contributed by atoms with Crippen molar-refractivity contribution in [2.45, 2.75) is 24.5 Å². The summed E-state index contributed by atoms with van der Waals surface area (Å²) in [6, 6.07) is 14.6. The van der Waals surface area contributed by atoms with Gasteiger partial charge in [-0.1, -0.05) is 48.6 Å². The maximum atomic E-state index is 12.7. The van der Waals surface area contributed by atoms with Gasteiger partial charge in [-0.3, -0.25) is 4.98 Å². The number of sulfonamides is 1. The number of hydrogen-bond donors (Lipinski definition) is 3. The van der Waals surface area contributed by atoms with Crippen molar-refractivity contribution in [2.24, 2.45) is 0 Å². The molecule has 0 fully saturated rings. The number of nitrogens with one attached hydrogen (secondary N) is 2. The molecule has 0 radical (unpaired) electrons. The highest BCUT2D eigenvalue weighted by Gasteiger charge is 2.16. The van der Waals surface area contributed by atoms with Crippen LogP contribution in [-0.4, -0.2) is 37.6 Å². The number of hydrogen-bond acceptors (Lipinski definition) is 5. The van der Waals surface area contributed by atoms with Gasteiger partial charge in [-0.05, 0) is 30.2 Å². The zero-order chi connectivity index (χ0) is 20.7. The number of fused-ring (bicyclic) bond motifs is 1. The zero-order valence-electron chi connectivity index (χ0n) is 16.2. The predicted octanol–water partition coefficient (Wildman–Crippen LogP) is 2.70. The van der Waals surface area contributed by atoms with Crippen LogP contribution < -0.4 is 10.0 Å². The van der Waals surface area contributed by atoms with Gasteiger partial charge in [0.25, 0.3) is 0 Å². The van der Waals surface area contributed by atoms with Gasteiger partial charge in [0.1, 0.15) is 0 Å². The minimum absolute atomic E-state index is 0.0352. The summed E-state index contributed by atoms with van der Waals surface area (Å²) in [5.41, 5.74) is 1.92. The van der Waals surface area contributed by atoms with Gasteiger partial charge in [-0.2, -0.15) is 0 Å². The van der Waals surface area contributed by atoms with Crippen LogP contribution in [0, 0.1) is 0 Å². The molecule has 2 aromatic carbocycles. The maximum absolute atomic E-state index is 12.7. The van der Waals surface area contributed by atoms with Crippen molar-refractivity contribution >= 4 is 26.9 Å². The van der Waals surface area contributed by atoms with Crippen LogP contribution in [0.15, 0.2) is 71.9 Å². The molecule has 0 saturated carbocycles. The second kappa shape index (κ2) is 9.76. The Morgan fingerprint density at radius 3 is 2.66 bits per heavy atom. The van der Waals surface area contributed by atoms with E-state index in [1.165, 1.54) is 0 Å². The molecule has 29 heavy (non-hydrogen) atoms. The predicted molar refractivity (Wildman–Crippen MR) is 116 cm³/mol. The summed E-state index contributed by atoms with van der Waals surface area (Å²) in [7, 11) is -3.60. The summed E-state index contributed by atoms with van der Waals surface area (Å²) in [5.74, 6) is 0. The Kier molecular flexibility index (Phi) is 7.11. The first-order valence-electron chi connectivity index (χ1n) is 9.43. The molecule has 152 valence electrons. The fraction of sp³-hybridized carbons (Fsp3) is 0.227. The Morgan fingerprint density at radius 1 is 1.10 bits per heavy atom. The largest absolute Gasteiger partial charge is 0.392 e. The quantitative estimate of drug-likeness (QED) is 0.471. The Labute approximate surface area is 171 Å². The van der Waals surface area contributed by atoms with E-state index in [-0.39, 0.29) is 24.1 Å². The minimum atomic E-state index is -3.60. The molecule has 6 nitrogen and oxygen atoms in total. The molecular weight excluding hydrogens is 386 g/mol. The van der Waals surface area contributed by atoms with E-state index in [2.05, 4.69) is 15.0 Å². The van der Waals surface area contributed by atoms with Crippen molar-refractivity contribution in [1.29, 1.82) is 0 Å². The molecule has 3 N–H and O–H groups in total. The van der Waals surface area contributed by atoms with Crippen LogP contribution in [0.25, 0.3) is 16.8 Å². The van der Waals surface area contributed by atoms with Crippen LogP contribution in [0.1, 0.15) is 18.1 Å². The third kappa shape index (κ3) is 5.71. The molecule has 0 amide bonds. The molecule has 0 spiro atoms. The molecule has 7 heteroatoms. The summed E-state index contributed by atoms with van der Waals surface area (Å²) < 4.78 is 28.0. The summed E-state index contributed by atoms with van der Waals surface area (Å²) >= 11 is 0. The summed E-state index contributed by atoms with van der Waals surface area (Å²) in [6.07, 6.45) is 7.25. The van der Waals surface area contributed by atoms with Crippen LogP contribution >= 0.6 is 0 Å². The molecule has 0 aliphatic carbocycles. The summed E-state index contributed by atoms with van der Waals surface area (Å²) in [6.45, 7) is 2.83. The first-order chi connectivity index (χ1) is 14.0. The third-order valence-corrected chi connectivity index (χ3v) is 6.07. The lowest BCUT2D eigenvalue weighted by Crippen LogP contribution is -2.35. The van der Waals surface area contributed by atoms with Crippen LogP contribution in [0.2, 0.25) is 0 Å². The average Bonchev–Trinajstić information content (AvgIpc) is 2.75. The highest BCUT2D eigenvalue weighted by atomic mass is 32.2. The normalized spacial score (nSPS) is 13.2. The molecule has 3 aromatic rings. The average molecular weight is 412 g/mol. The Morgan fingerprint density at radius 2 is 1.90 bits per heavy atom. The standard InChI is InChI=1S/C22H25N3O3S/c1-17(5-6-18-7-9-19(16-26)10-8-18)24-13-14-25-29(27,28)22-4-2-3-20-15-23-12-11-21(20)22/h2-12,15,17,24-26H,13-14,16H2,1H3. The lowest BCUT2D eigenvalue weighted by molar-refractivity contribution is 0.282. The number of benzene rings is 2. The number of aliphatic hydroxyl groups excluding tert-OH is 1. The van der Waals surface area contributed by atoms with Crippen molar-refractivity contribution in [3.05, 3.63) is 78.1 Å². The van der Waals surface area contributed by atoms with E-state index in [4.69, 9.17) is 5.11 Å². The van der Waals surface area contributed by atoms with Gasteiger partial charge in [-0.25, -0.2) is 13.1 Å². The van der Waals surface area contributed by atoms with E-state index in [0.29, 0.717) is 11.9 Å². The molecule has 0 bridgehead atoms. The van der Waals surface area contributed by atoms with Crippen molar-refractivity contribution in [1.82, 2.24) is 15.0 Å². The van der Waals surface area contributed by atoms with Gasteiger partial charge in [0.15, 0.2) is 0 Å². The molecule has 0 aliphatic rings. The van der Waals surface area contributed by atoms with E-state index in [1.807, 2.05) is 49.4 Å². The second-order valence-electron chi connectivity index (χ2n) is 6.75. The number of aliphatic hydroxyl groups is 1. The van der Waals surface area contributed by atoms with Gasteiger partial charge < -0.3 is 10.4 Å². The van der Waals surface area contributed by atoms with E-state index in [9.17, 15) is 8.42 Å². The number of pyridine rings is 1. The Hall–Kier alpha value is -2.58. The van der Waals surface area contributed by atoms with E-state index in [0.717, 1.165) is 16.5 Å².